The van der Waals surface area contributed by atoms with E-state index in [1.54, 1.807) is 0 Å². The van der Waals surface area contributed by atoms with Crippen LogP contribution < -0.4 is 5.32 Å². The third-order valence-electron chi connectivity index (χ3n) is 2.55. The van der Waals surface area contributed by atoms with Gasteiger partial charge in [-0.2, -0.15) is 5.26 Å². The van der Waals surface area contributed by atoms with Gasteiger partial charge >= 0.3 is 0 Å². The van der Waals surface area contributed by atoms with Crippen molar-refractivity contribution in [3.05, 3.63) is 0 Å². The fraction of sp³-hybridized carbons (Fsp3) is 0.800. The van der Waals surface area contributed by atoms with Crippen molar-refractivity contribution >= 4 is 5.91 Å². The van der Waals surface area contributed by atoms with Crippen LogP contribution in [0.3, 0.4) is 0 Å². The third kappa shape index (κ3) is 3.93. The lowest BCUT2D eigenvalue weighted by Gasteiger charge is -2.21. The fourth-order valence-electron chi connectivity index (χ4n) is 1.78. The molecule has 1 saturated carbocycles. The number of rotatable bonds is 3. The molecular weight excluding hydrogens is 164 g/mol. The second-order valence-electron chi connectivity index (χ2n) is 3.64. The Hall–Kier alpha value is -1.04. The van der Waals surface area contributed by atoms with Crippen molar-refractivity contribution in [2.75, 3.05) is 6.54 Å². The molecule has 1 aliphatic carbocycles. The molecule has 0 aromatic rings. The Morgan fingerprint density at radius 1 is 1.38 bits per heavy atom. The van der Waals surface area contributed by atoms with Gasteiger partial charge in [-0.3, -0.25) is 4.79 Å². The number of hydrogen-bond donors (Lipinski definition) is 1. The third-order valence-corrected chi connectivity index (χ3v) is 2.55. The number of nitriles is 1. The lowest BCUT2D eigenvalue weighted by molar-refractivity contribution is -0.120. The highest BCUT2D eigenvalue weighted by molar-refractivity contribution is 5.77. The summed E-state index contributed by atoms with van der Waals surface area (Å²) in [6.07, 6.45) is 6.37. The highest BCUT2D eigenvalue weighted by Gasteiger charge is 2.13. The van der Waals surface area contributed by atoms with Crippen LogP contribution in [-0.4, -0.2) is 12.5 Å². The molecule has 0 unspecified atom stereocenters. The summed E-state index contributed by atoms with van der Waals surface area (Å²) in [5.41, 5.74) is 0. The fourth-order valence-corrected chi connectivity index (χ4v) is 1.78. The van der Waals surface area contributed by atoms with Gasteiger partial charge in [0.25, 0.3) is 0 Å². The Balaban J connectivity index is 2.10. The average molecular weight is 180 g/mol. The van der Waals surface area contributed by atoms with Gasteiger partial charge in [-0.05, 0) is 18.8 Å². The molecule has 0 aromatic carbocycles. The van der Waals surface area contributed by atoms with Gasteiger partial charge in [-0.1, -0.05) is 19.3 Å². The van der Waals surface area contributed by atoms with Crippen molar-refractivity contribution in [1.29, 1.82) is 5.26 Å². The maximum atomic E-state index is 11.0. The van der Waals surface area contributed by atoms with E-state index in [9.17, 15) is 4.79 Å². The van der Waals surface area contributed by atoms with Crippen molar-refractivity contribution in [1.82, 2.24) is 5.32 Å². The van der Waals surface area contributed by atoms with Crippen LogP contribution in [0.15, 0.2) is 0 Å². The molecule has 1 rings (SSSR count). The zero-order valence-corrected chi connectivity index (χ0v) is 7.88. The number of hydrogen-bond acceptors (Lipinski definition) is 2. The summed E-state index contributed by atoms with van der Waals surface area (Å²) in [6, 6.07) is 1.84. The summed E-state index contributed by atoms with van der Waals surface area (Å²) in [5, 5.41) is 11.1. The van der Waals surface area contributed by atoms with Gasteiger partial charge in [0, 0.05) is 6.54 Å². The molecule has 1 aliphatic rings. The zero-order valence-electron chi connectivity index (χ0n) is 7.88. The second-order valence-corrected chi connectivity index (χ2v) is 3.64. The van der Waals surface area contributed by atoms with E-state index in [0.29, 0.717) is 5.92 Å². The molecule has 0 heterocycles. The van der Waals surface area contributed by atoms with E-state index < -0.39 is 0 Å². The number of carbonyl (C=O) groups is 1. The van der Waals surface area contributed by atoms with Crippen molar-refractivity contribution in [3.8, 4) is 6.07 Å². The Morgan fingerprint density at radius 3 is 2.69 bits per heavy atom. The molecular formula is C10H16N2O. The van der Waals surface area contributed by atoms with Crippen molar-refractivity contribution in [2.24, 2.45) is 5.92 Å². The topological polar surface area (TPSA) is 52.9 Å². The molecule has 0 aliphatic heterocycles. The minimum atomic E-state index is -0.131. The highest BCUT2D eigenvalue weighted by atomic mass is 16.1. The van der Waals surface area contributed by atoms with Gasteiger partial charge in [0.15, 0.2) is 0 Å². The van der Waals surface area contributed by atoms with E-state index >= 15 is 0 Å². The van der Waals surface area contributed by atoms with E-state index in [-0.39, 0.29) is 12.3 Å². The number of nitrogens with zero attached hydrogens (tertiary/aromatic N) is 1. The van der Waals surface area contributed by atoms with Crippen LogP contribution in [0.4, 0.5) is 0 Å². The normalized spacial score (nSPS) is 17.8. The lowest BCUT2D eigenvalue weighted by atomic mass is 9.89. The summed E-state index contributed by atoms with van der Waals surface area (Å²) in [4.78, 5) is 11.0. The van der Waals surface area contributed by atoms with Gasteiger partial charge in [0.05, 0.1) is 6.07 Å². The van der Waals surface area contributed by atoms with E-state index in [2.05, 4.69) is 5.32 Å². The zero-order chi connectivity index (χ0) is 9.52. The summed E-state index contributed by atoms with van der Waals surface area (Å²) in [7, 11) is 0. The van der Waals surface area contributed by atoms with Crippen LogP contribution in [-0.2, 0) is 4.79 Å². The summed E-state index contributed by atoms with van der Waals surface area (Å²) in [6.45, 7) is 0.764. The van der Waals surface area contributed by atoms with Gasteiger partial charge in [0.2, 0.25) is 5.91 Å². The molecule has 0 saturated heterocycles. The largest absolute Gasteiger partial charge is 0.355 e. The molecule has 3 nitrogen and oxygen atoms in total. The van der Waals surface area contributed by atoms with Gasteiger partial charge in [-0.15, -0.1) is 0 Å². The predicted molar refractivity (Wildman–Crippen MR) is 49.8 cm³/mol. The molecule has 13 heavy (non-hydrogen) atoms. The molecule has 1 amide bonds. The van der Waals surface area contributed by atoms with E-state index in [0.717, 1.165) is 6.54 Å². The van der Waals surface area contributed by atoms with Crippen LogP contribution in [0.2, 0.25) is 0 Å². The SMILES string of the molecule is N#CCC(=O)NCC1CCCCC1. The predicted octanol–water partition coefficient (Wildman–Crippen LogP) is 1.60. The minimum Gasteiger partial charge on any atom is -0.355 e. The van der Waals surface area contributed by atoms with Crippen molar-refractivity contribution < 1.29 is 4.79 Å². The Kier molecular flexibility index (Phi) is 4.31. The van der Waals surface area contributed by atoms with Gasteiger partial charge < -0.3 is 5.32 Å². The molecule has 1 fully saturated rings. The van der Waals surface area contributed by atoms with Crippen molar-refractivity contribution in [2.45, 2.75) is 38.5 Å². The average Bonchev–Trinajstić information content (AvgIpc) is 2.17. The minimum absolute atomic E-state index is 0.00722. The summed E-state index contributed by atoms with van der Waals surface area (Å²) >= 11 is 0. The van der Waals surface area contributed by atoms with Gasteiger partial charge in [-0.25, -0.2) is 0 Å². The number of amides is 1. The summed E-state index contributed by atoms with van der Waals surface area (Å²) in [5.74, 6) is 0.518. The summed E-state index contributed by atoms with van der Waals surface area (Å²) < 4.78 is 0. The smallest absolute Gasteiger partial charge is 0.234 e. The number of carbonyl (C=O) groups excluding carboxylic acids is 1. The van der Waals surface area contributed by atoms with Crippen molar-refractivity contribution in [3.63, 3.8) is 0 Å². The highest BCUT2D eigenvalue weighted by Crippen LogP contribution is 2.22. The van der Waals surface area contributed by atoms with Crippen LogP contribution in [0.25, 0.3) is 0 Å². The monoisotopic (exact) mass is 180 g/mol. The Morgan fingerprint density at radius 2 is 2.08 bits per heavy atom. The maximum absolute atomic E-state index is 11.0. The lowest BCUT2D eigenvalue weighted by Crippen LogP contribution is -2.29. The molecule has 3 heteroatoms. The standard InChI is InChI=1S/C10H16N2O/c11-7-6-10(13)12-8-9-4-2-1-3-5-9/h9H,1-6,8H2,(H,12,13). The first-order valence-electron chi connectivity index (χ1n) is 4.96. The van der Waals surface area contributed by atoms with Crippen LogP contribution >= 0.6 is 0 Å². The van der Waals surface area contributed by atoms with E-state index in [4.69, 9.17) is 5.26 Å². The van der Waals surface area contributed by atoms with Gasteiger partial charge in [0.1, 0.15) is 6.42 Å². The van der Waals surface area contributed by atoms with Crippen LogP contribution in [0.5, 0.6) is 0 Å². The first-order valence-corrected chi connectivity index (χ1v) is 4.96. The Bertz CT molecular complexity index is 201. The van der Waals surface area contributed by atoms with E-state index in [1.807, 2.05) is 6.07 Å². The maximum Gasteiger partial charge on any atom is 0.234 e. The number of nitrogens with one attached hydrogen (secondary N) is 1. The van der Waals surface area contributed by atoms with Crippen LogP contribution in [0.1, 0.15) is 38.5 Å². The molecule has 0 radical (unpaired) electrons. The first-order chi connectivity index (χ1) is 6.33. The molecule has 0 bridgehead atoms. The molecule has 1 N–H and O–H groups in total. The first kappa shape index (κ1) is 10.0. The molecule has 0 spiro atoms. The molecule has 0 aromatic heterocycles. The molecule has 0 atom stereocenters. The quantitative estimate of drug-likeness (QED) is 0.717. The van der Waals surface area contributed by atoms with E-state index in [1.165, 1.54) is 32.1 Å². The molecule has 72 valence electrons. The second kappa shape index (κ2) is 5.58. The van der Waals surface area contributed by atoms with Crippen LogP contribution in [0, 0.1) is 17.2 Å². The Labute approximate surface area is 79.1 Å².